The molecule has 1 saturated carbocycles. The van der Waals surface area contributed by atoms with Crippen molar-refractivity contribution in [3.05, 3.63) is 0 Å². The number of hydrogen-bond acceptors (Lipinski definition) is 3. The van der Waals surface area contributed by atoms with Crippen LogP contribution in [0.15, 0.2) is 0 Å². The van der Waals surface area contributed by atoms with E-state index < -0.39 is 11.9 Å². The van der Waals surface area contributed by atoms with Crippen LogP contribution < -0.4 is 11.1 Å². The molecule has 0 aromatic carbocycles. The average Bonchev–Trinajstić information content (AvgIpc) is 2.38. The fourth-order valence-electron chi connectivity index (χ4n) is 2.85. The molecule has 0 saturated heterocycles. The molecule has 1 aliphatic carbocycles. The van der Waals surface area contributed by atoms with Crippen LogP contribution in [0.25, 0.3) is 0 Å². The summed E-state index contributed by atoms with van der Waals surface area (Å²) in [5.74, 6) is -1.38. The molecule has 4 atom stereocenters. The highest BCUT2D eigenvalue weighted by molar-refractivity contribution is 5.74. The summed E-state index contributed by atoms with van der Waals surface area (Å²) in [6, 6.07) is -0.350. The minimum atomic E-state index is -0.807. The minimum Gasteiger partial charge on any atom is -0.481 e. The number of nitrogens with one attached hydrogen (secondary N) is 1. The van der Waals surface area contributed by atoms with Crippen LogP contribution in [-0.4, -0.2) is 41.3 Å². The maximum absolute atomic E-state index is 11.3. The summed E-state index contributed by atoms with van der Waals surface area (Å²) >= 11 is 0. The first-order valence-electron chi connectivity index (χ1n) is 7.37. The number of ether oxygens (including phenoxy) is 1. The maximum atomic E-state index is 11.3. The van der Waals surface area contributed by atoms with Crippen LogP contribution in [0.2, 0.25) is 0 Å². The molecule has 0 radical (unpaired) electrons. The molecular weight excluding hydrogens is 260 g/mol. The highest BCUT2D eigenvalue weighted by atomic mass is 16.5. The van der Waals surface area contributed by atoms with Gasteiger partial charge in [0, 0.05) is 13.3 Å². The SMILES string of the molecule is CCC(CC)O[C@@H]1C[C@H](C(=O)O)C[C@H]([NH3+])[C@H]1NC(C)=O. The zero-order valence-corrected chi connectivity index (χ0v) is 12.6. The number of carbonyl (C=O) groups excluding carboxylic acids is 1. The number of rotatable bonds is 6. The summed E-state index contributed by atoms with van der Waals surface area (Å²) in [6.07, 6.45) is 2.47. The van der Waals surface area contributed by atoms with Crippen molar-refractivity contribution in [1.29, 1.82) is 0 Å². The lowest BCUT2D eigenvalue weighted by molar-refractivity contribution is -0.437. The Bertz CT molecular complexity index is 344. The van der Waals surface area contributed by atoms with Crippen molar-refractivity contribution in [2.24, 2.45) is 5.92 Å². The minimum absolute atomic E-state index is 0.0935. The maximum Gasteiger partial charge on any atom is 0.306 e. The van der Waals surface area contributed by atoms with Crippen LogP contribution in [0.3, 0.4) is 0 Å². The molecule has 6 heteroatoms. The van der Waals surface area contributed by atoms with Crippen molar-refractivity contribution in [2.75, 3.05) is 0 Å². The fraction of sp³-hybridized carbons (Fsp3) is 0.857. The Hall–Kier alpha value is -1.14. The van der Waals surface area contributed by atoms with Crippen LogP contribution in [0, 0.1) is 5.92 Å². The molecule has 0 unspecified atom stereocenters. The van der Waals surface area contributed by atoms with E-state index in [1.54, 1.807) is 0 Å². The van der Waals surface area contributed by atoms with Crippen LogP contribution >= 0.6 is 0 Å². The molecule has 0 aromatic heterocycles. The van der Waals surface area contributed by atoms with Crippen molar-refractivity contribution in [1.82, 2.24) is 5.32 Å². The molecule has 0 spiro atoms. The summed E-state index contributed by atoms with van der Waals surface area (Å²) in [4.78, 5) is 22.6. The summed E-state index contributed by atoms with van der Waals surface area (Å²) in [5.41, 5.74) is 4.02. The van der Waals surface area contributed by atoms with Gasteiger partial charge in [-0.1, -0.05) is 13.8 Å². The Morgan fingerprint density at radius 3 is 2.40 bits per heavy atom. The monoisotopic (exact) mass is 287 g/mol. The third-order valence-electron chi connectivity index (χ3n) is 4.01. The molecule has 0 heterocycles. The zero-order valence-electron chi connectivity index (χ0n) is 12.6. The number of carboxylic acids is 1. The van der Waals surface area contributed by atoms with Crippen LogP contribution in [0.1, 0.15) is 46.5 Å². The molecule has 0 bridgehead atoms. The van der Waals surface area contributed by atoms with E-state index in [1.807, 2.05) is 13.8 Å². The van der Waals surface area contributed by atoms with E-state index in [0.29, 0.717) is 12.8 Å². The summed E-state index contributed by atoms with van der Waals surface area (Å²) < 4.78 is 6.04. The van der Waals surface area contributed by atoms with Gasteiger partial charge in [0.25, 0.3) is 0 Å². The van der Waals surface area contributed by atoms with E-state index in [1.165, 1.54) is 6.92 Å². The average molecular weight is 287 g/mol. The molecule has 0 aliphatic heterocycles. The smallest absolute Gasteiger partial charge is 0.306 e. The molecule has 116 valence electrons. The fourth-order valence-corrected chi connectivity index (χ4v) is 2.85. The molecule has 20 heavy (non-hydrogen) atoms. The van der Waals surface area contributed by atoms with E-state index in [0.717, 1.165) is 12.8 Å². The largest absolute Gasteiger partial charge is 0.481 e. The van der Waals surface area contributed by atoms with Gasteiger partial charge in [-0.3, -0.25) is 9.59 Å². The van der Waals surface area contributed by atoms with Gasteiger partial charge in [-0.15, -0.1) is 0 Å². The highest BCUT2D eigenvalue weighted by Crippen LogP contribution is 2.27. The first-order valence-corrected chi connectivity index (χ1v) is 7.37. The van der Waals surface area contributed by atoms with Gasteiger partial charge in [0.1, 0.15) is 12.1 Å². The molecule has 1 fully saturated rings. The Morgan fingerprint density at radius 2 is 1.95 bits per heavy atom. The van der Waals surface area contributed by atoms with Gasteiger partial charge in [-0.05, 0) is 19.3 Å². The Labute approximate surface area is 120 Å². The molecule has 6 nitrogen and oxygen atoms in total. The number of amides is 1. The highest BCUT2D eigenvalue weighted by Gasteiger charge is 2.42. The van der Waals surface area contributed by atoms with E-state index >= 15 is 0 Å². The van der Waals surface area contributed by atoms with E-state index in [-0.39, 0.29) is 30.2 Å². The number of carboxylic acid groups (broad SMARTS) is 1. The topological polar surface area (TPSA) is 103 Å². The summed E-state index contributed by atoms with van der Waals surface area (Å²) in [7, 11) is 0. The van der Waals surface area contributed by atoms with Crippen LogP contribution in [0.4, 0.5) is 0 Å². The second-order valence-electron chi connectivity index (χ2n) is 5.61. The summed E-state index contributed by atoms with van der Waals surface area (Å²) in [5, 5.41) is 12.1. The molecule has 1 amide bonds. The molecule has 5 N–H and O–H groups in total. The predicted octanol–water partition coefficient (Wildman–Crippen LogP) is 0.170. The Kier molecular flexibility index (Phi) is 6.42. The van der Waals surface area contributed by atoms with Gasteiger partial charge in [0.2, 0.25) is 5.91 Å². The van der Waals surface area contributed by atoms with Crippen LogP contribution in [0.5, 0.6) is 0 Å². The van der Waals surface area contributed by atoms with Crippen molar-refractivity contribution in [2.45, 2.75) is 70.7 Å². The normalized spacial score (nSPS) is 30.2. The third kappa shape index (κ3) is 4.45. The number of quaternary nitrogens is 1. The first-order chi connectivity index (χ1) is 9.38. The second-order valence-corrected chi connectivity index (χ2v) is 5.61. The van der Waals surface area contributed by atoms with Crippen molar-refractivity contribution < 1.29 is 25.2 Å². The third-order valence-corrected chi connectivity index (χ3v) is 4.01. The predicted molar refractivity (Wildman–Crippen MR) is 73.9 cm³/mol. The Morgan fingerprint density at radius 1 is 1.35 bits per heavy atom. The van der Waals surface area contributed by atoms with E-state index in [9.17, 15) is 14.7 Å². The van der Waals surface area contributed by atoms with E-state index in [4.69, 9.17) is 4.74 Å². The lowest BCUT2D eigenvalue weighted by atomic mass is 9.80. The summed E-state index contributed by atoms with van der Waals surface area (Å²) in [6.45, 7) is 5.55. The van der Waals surface area contributed by atoms with Gasteiger partial charge in [0.15, 0.2) is 0 Å². The van der Waals surface area contributed by atoms with Crippen molar-refractivity contribution in [3.8, 4) is 0 Å². The lowest BCUT2D eigenvalue weighted by Crippen LogP contribution is -2.75. The van der Waals surface area contributed by atoms with Crippen LogP contribution in [-0.2, 0) is 14.3 Å². The number of carbonyl (C=O) groups is 2. The lowest BCUT2D eigenvalue weighted by Gasteiger charge is -2.38. The van der Waals surface area contributed by atoms with Gasteiger partial charge in [-0.2, -0.15) is 0 Å². The van der Waals surface area contributed by atoms with Crippen molar-refractivity contribution in [3.63, 3.8) is 0 Å². The number of aliphatic carboxylic acids is 1. The van der Waals surface area contributed by atoms with Gasteiger partial charge < -0.3 is 20.9 Å². The van der Waals surface area contributed by atoms with Gasteiger partial charge in [0.05, 0.1) is 18.1 Å². The first kappa shape index (κ1) is 16.9. The molecule has 0 aromatic rings. The van der Waals surface area contributed by atoms with E-state index in [2.05, 4.69) is 11.1 Å². The van der Waals surface area contributed by atoms with Gasteiger partial charge >= 0.3 is 5.97 Å². The van der Waals surface area contributed by atoms with Crippen molar-refractivity contribution >= 4 is 11.9 Å². The Balaban J connectivity index is 2.83. The molecule has 1 aliphatic rings. The second kappa shape index (κ2) is 7.59. The molecular formula is C14H27N2O4+. The quantitative estimate of drug-likeness (QED) is 0.648. The zero-order chi connectivity index (χ0) is 15.3. The number of hydrogen-bond donors (Lipinski definition) is 3. The van der Waals surface area contributed by atoms with Gasteiger partial charge in [-0.25, -0.2) is 0 Å². The standard InChI is InChI=1S/C14H26N2O4/c1-4-10(5-2)20-12-7-9(14(18)19)6-11(15)13(12)16-8(3)17/h9-13H,4-7,15H2,1-3H3,(H,16,17)(H,18,19)/p+1/t9-,11+,12-,13-/m1/s1. The molecule has 1 rings (SSSR count).